The van der Waals surface area contributed by atoms with E-state index in [-0.39, 0.29) is 11.5 Å². The van der Waals surface area contributed by atoms with E-state index in [1.807, 2.05) is 13.8 Å². The van der Waals surface area contributed by atoms with Crippen LogP contribution in [-0.2, 0) is 0 Å². The Labute approximate surface area is 105 Å². The highest BCUT2D eigenvalue weighted by atomic mass is 16.3. The summed E-state index contributed by atoms with van der Waals surface area (Å²) in [6.45, 7) is 3.79. The van der Waals surface area contributed by atoms with E-state index in [0.29, 0.717) is 11.4 Å². The Morgan fingerprint density at radius 1 is 0.722 bits per heavy atom. The minimum absolute atomic E-state index is 0.0432. The average molecular weight is 244 g/mol. The average Bonchev–Trinajstić information content (AvgIpc) is 2.29. The summed E-state index contributed by atoms with van der Waals surface area (Å²) >= 11 is 0. The molecule has 4 heteroatoms. The third-order valence-corrected chi connectivity index (χ3v) is 3.04. The molecule has 0 spiro atoms. The highest BCUT2D eigenvalue weighted by Gasteiger charge is 2.11. The molecule has 0 saturated heterocycles. The quantitative estimate of drug-likeness (QED) is 0.458. The number of nitrogens with two attached hydrogens (primary N) is 2. The molecule has 0 heterocycles. The molecule has 6 N–H and O–H groups in total. The number of phenolic OH excluding ortho intramolecular Hbond substituents is 2. The summed E-state index contributed by atoms with van der Waals surface area (Å²) in [5.41, 5.74) is 15.6. The molecule has 2 aromatic rings. The SMILES string of the molecule is Cc1cc(O)c(N)cc1-c1cc(O)c(N)cc1C. The number of aromatic hydroxyl groups is 2. The van der Waals surface area contributed by atoms with Crippen molar-refractivity contribution < 1.29 is 10.2 Å². The second-order valence-electron chi connectivity index (χ2n) is 4.45. The van der Waals surface area contributed by atoms with Gasteiger partial charge < -0.3 is 21.7 Å². The zero-order valence-electron chi connectivity index (χ0n) is 10.4. The first-order valence-electron chi connectivity index (χ1n) is 5.58. The Balaban J connectivity index is 2.69. The van der Waals surface area contributed by atoms with Gasteiger partial charge in [-0.25, -0.2) is 0 Å². The van der Waals surface area contributed by atoms with Crippen LogP contribution >= 0.6 is 0 Å². The van der Waals surface area contributed by atoms with Crippen molar-refractivity contribution >= 4 is 11.4 Å². The Morgan fingerprint density at radius 3 is 1.83 bits per heavy atom. The van der Waals surface area contributed by atoms with Crippen molar-refractivity contribution in [3.05, 3.63) is 35.4 Å². The fourth-order valence-electron chi connectivity index (χ4n) is 2.01. The van der Waals surface area contributed by atoms with E-state index in [0.717, 1.165) is 22.3 Å². The van der Waals surface area contributed by atoms with Crippen LogP contribution in [0.1, 0.15) is 11.1 Å². The van der Waals surface area contributed by atoms with Gasteiger partial charge in [-0.15, -0.1) is 0 Å². The van der Waals surface area contributed by atoms with Gasteiger partial charge in [-0.1, -0.05) is 0 Å². The van der Waals surface area contributed by atoms with Crippen LogP contribution in [0.25, 0.3) is 11.1 Å². The second kappa shape index (κ2) is 4.14. The van der Waals surface area contributed by atoms with Crippen LogP contribution in [0.15, 0.2) is 24.3 Å². The van der Waals surface area contributed by atoms with Crippen LogP contribution in [0, 0.1) is 13.8 Å². The summed E-state index contributed by atoms with van der Waals surface area (Å²) in [7, 11) is 0. The second-order valence-corrected chi connectivity index (χ2v) is 4.45. The molecule has 4 nitrogen and oxygen atoms in total. The molecule has 0 fully saturated rings. The maximum Gasteiger partial charge on any atom is 0.139 e. The summed E-state index contributed by atoms with van der Waals surface area (Å²) in [5, 5.41) is 19.2. The first kappa shape index (κ1) is 12.1. The maximum absolute atomic E-state index is 9.70. The van der Waals surface area contributed by atoms with Gasteiger partial charge in [0.25, 0.3) is 0 Å². The monoisotopic (exact) mass is 244 g/mol. The van der Waals surface area contributed by atoms with Crippen LogP contribution in [-0.4, -0.2) is 10.2 Å². The van der Waals surface area contributed by atoms with E-state index < -0.39 is 0 Å². The third kappa shape index (κ3) is 1.93. The molecular weight excluding hydrogens is 228 g/mol. The molecule has 0 radical (unpaired) electrons. The summed E-state index contributed by atoms with van der Waals surface area (Å²) in [6.07, 6.45) is 0. The summed E-state index contributed by atoms with van der Waals surface area (Å²) in [6, 6.07) is 6.64. The van der Waals surface area contributed by atoms with Gasteiger partial charge in [-0.05, 0) is 60.4 Å². The Morgan fingerprint density at radius 2 is 1.17 bits per heavy atom. The molecule has 0 aliphatic carbocycles. The van der Waals surface area contributed by atoms with Gasteiger partial charge >= 0.3 is 0 Å². The van der Waals surface area contributed by atoms with Crippen molar-refractivity contribution in [3.8, 4) is 22.6 Å². The number of phenols is 2. The molecule has 0 aliphatic rings. The number of hydrogen-bond acceptors (Lipinski definition) is 4. The topological polar surface area (TPSA) is 92.5 Å². The number of rotatable bonds is 1. The first-order chi connectivity index (χ1) is 8.40. The molecule has 0 amide bonds. The van der Waals surface area contributed by atoms with Gasteiger partial charge in [0.05, 0.1) is 11.4 Å². The van der Waals surface area contributed by atoms with E-state index in [2.05, 4.69) is 0 Å². The van der Waals surface area contributed by atoms with E-state index in [1.54, 1.807) is 24.3 Å². The lowest BCUT2D eigenvalue weighted by Gasteiger charge is -2.13. The van der Waals surface area contributed by atoms with Crippen molar-refractivity contribution in [1.82, 2.24) is 0 Å². The van der Waals surface area contributed by atoms with Crippen LogP contribution in [0.5, 0.6) is 11.5 Å². The van der Waals surface area contributed by atoms with Crippen molar-refractivity contribution in [3.63, 3.8) is 0 Å². The lowest BCUT2D eigenvalue weighted by Crippen LogP contribution is -1.94. The van der Waals surface area contributed by atoms with Gasteiger partial charge in [0.15, 0.2) is 0 Å². The zero-order chi connectivity index (χ0) is 13.4. The van der Waals surface area contributed by atoms with E-state index in [4.69, 9.17) is 11.5 Å². The molecule has 18 heavy (non-hydrogen) atoms. The zero-order valence-corrected chi connectivity index (χ0v) is 10.4. The third-order valence-electron chi connectivity index (χ3n) is 3.04. The van der Waals surface area contributed by atoms with E-state index >= 15 is 0 Å². The standard InChI is InChI=1S/C14H16N2O2/c1-7-3-11(15)14(18)6-10(7)9-5-12(16)13(17)4-8(9)2/h3-6,17-18H,15-16H2,1-2H3. The van der Waals surface area contributed by atoms with Gasteiger partial charge in [-0.3, -0.25) is 0 Å². The fourth-order valence-corrected chi connectivity index (χ4v) is 2.01. The van der Waals surface area contributed by atoms with Crippen LogP contribution in [0.2, 0.25) is 0 Å². The normalized spacial score (nSPS) is 10.6. The van der Waals surface area contributed by atoms with Crippen molar-refractivity contribution in [2.75, 3.05) is 11.5 Å². The number of benzene rings is 2. The fraction of sp³-hybridized carbons (Fsp3) is 0.143. The Kier molecular flexibility index (Phi) is 2.79. The molecule has 0 bridgehead atoms. The molecule has 0 aliphatic heterocycles. The maximum atomic E-state index is 9.70. The van der Waals surface area contributed by atoms with Crippen molar-refractivity contribution in [2.24, 2.45) is 0 Å². The molecule has 2 rings (SSSR count). The molecule has 0 saturated carbocycles. The molecular formula is C14H16N2O2. The van der Waals surface area contributed by atoms with E-state index in [9.17, 15) is 10.2 Å². The lowest BCUT2D eigenvalue weighted by molar-refractivity contribution is 0.477. The highest BCUT2D eigenvalue weighted by molar-refractivity contribution is 5.79. The predicted octanol–water partition coefficient (Wildman–Crippen LogP) is 2.55. The number of anilines is 2. The van der Waals surface area contributed by atoms with E-state index in [1.165, 1.54) is 0 Å². The van der Waals surface area contributed by atoms with Gasteiger partial charge in [0.2, 0.25) is 0 Å². The van der Waals surface area contributed by atoms with Crippen LogP contribution < -0.4 is 11.5 Å². The Bertz CT molecular complexity index is 566. The van der Waals surface area contributed by atoms with Crippen molar-refractivity contribution in [1.29, 1.82) is 0 Å². The Hall–Kier alpha value is -2.36. The summed E-state index contributed by atoms with van der Waals surface area (Å²) < 4.78 is 0. The molecule has 0 aromatic heterocycles. The van der Waals surface area contributed by atoms with Crippen LogP contribution in [0.3, 0.4) is 0 Å². The molecule has 0 unspecified atom stereocenters. The molecule has 94 valence electrons. The smallest absolute Gasteiger partial charge is 0.139 e. The van der Waals surface area contributed by atoms with Crippen molar-refractivity contribution in [2.45, 2.75) is 13.8 Å². The number of nitrogen functional groups attached to an aromatic ring is 2. The highest BCUT2D eigenvalue weighted by Crippen LogP contribution is 2.36. The molecule has 2 aromatic carbocycles. The van der Waals surface area contributed by atoms with Gasteiger partial charge in [0, 0.05) is 0 Å². The summed E-state index contributed by atoms with van der Waals surface area (Å²) in [5.74, 6) is 0.107. The largest absolute Gasteiger partial charge is 0.506 e. The minimum atomic E-state index is 0.0432. The number of hydrogen-bond donors (Lipinski definition) is 4. The first-order valence-corrected chi connectivity index (χ1v) is 5.58. The lowest BCUT2D eigenvalue weighted by atomic mass is 9.95. The molecule has 0 atom stereocenters. The number of aryl methyl sites for hydroxylation is 2. The summed E-state index contributed by atoms with van der Waals surface area (Å²) in [4.78, 5) is 0. The van der Waals surface area contributed by atoms with Crippen LogP contribution in [0.4, 0.5) is 11.4 Å². The van der Waals surface area contributed by atoms with Gasteiger partial charge in [-0.2, -0.15) is 0 Å². The van der Waals surface area contributed by atoms with Gasteiger partial charge in [0.1, 0.15) is 11.5 Å². The predicted molar refractivity (Wildman–Crippen MR) is 73.5 cm³/mol. The minimum Gasteiger partial charge on any atom is -0.506 e.